The third kappa shape index (κ3) is 2.36. The van der Waals surface area contributed by atoms with Crippen LogP contribution in [0, 0.1) is 5.92 Å². The highest BCUT2D eigenvalue weighted by atomic mass is 16.6. The minimum Gasteiger partial charge on any atom is -0.454 e. The molecule has 0 aromatic heterocycles. The number of ether oxygens (including phenoxy) is 1. The summed E-state index contributed by atoms with van der Waals surface area (Å²) in [5.41, 5.74) is 6.73. The summed E-state index contributed by atoms with van der Waals surface area (Å²) >= 11 is 0. The van der Waals surface area contributed by atoms with Gasteiger partial charge in [0.05, 0.1) is 12.1 Å². The minimum atomic E-state index is -2.05. The number of carbonyl (C=O) groups excluding carboxylic acids is 2. The van der Waals surface area contributed by atoms with Crippen LogP contribution in [0.5, 0.6) is 5.75 Å². The molecule has 1 saturated carbocycles. The molecule has 2 heterocycles. The summed E-state index contributed by atoms with van der Waals surface area (Å²) in [7, 11) is 0. The number of hydrogen-bond acceptors (Lipinski definition) is 6. The zero-order valence-corrected chi connectivity index (χ0v) is 17.4. The van der Waals surface area contributed by atoms with Crippen LogP contribution in [0.15, 0.2) is 36.4 Å². The zero-order chi connectivity index (χ0) is 21.5. The number of nitrogens with one attached hydrogen (secondary N) is 1. The van der Waals surface area contributed by atoms with Crippen LogP contribution in [-0.4, -0.2) is 41.3 Å². The number of likely N-dealkylation sites (tertiary alicyclic amines) is 1. The number of Topliss-reactive ketones (excluding diaryl/α,β-unsaturated/α-hetero) is 1. The number of ketones is 1. The molecule has 0 radical (unpaired) electrons. The summed E-state index contributed by atoms with van der Waals surface area (Å²) in [6, 6.07) is 10.6. The summed E-state index contributed by atoms with van der Waals surface area (Å²) < 4.78 is 6.12. The number of fused-ring (bicyclic) bond motifs is 5. The normalized spacial score (nSPS) is 32.5. The molecular formula is C24H25N3O4. The van der Waals surface area contributed by atoms with Gasteiger partial charge in [-0.05, 0) is 55.5 Å². The number of rotatable bonds is 4. The molecule has 2 aromatic rings. The fraction of sp³-hybridized carbons (Fsp3) is 0.417. The first-order chi connectivity index (χ1) is 14.8. The molecule has 2 aliphatic heterocycles. The van der Waals surface area contributed by atoms with Crippen molar-refractivity contribution in [2.75, 3.05) is 25.4 Å². The number of hydrogen-bond donors (Lipinski definition) is 3. The van der Waals surface area contributed by atoms with Gasteiger partial charge in [-0.1, -0.05) is 31.2 Å². The lowest BCUT2D eigenvalue weighted by Gasteiger charge is -2.36. The molecule has 160 valence electrons. The Hall–Kier alpha value is -2.90. The second-order valence-corrected chi connectivity index (χ2v) is 9.35. The van der Waals surface area contributed by atoms with Gasteiger partial charge in [0.15, 0.2) is 0 Å². The predicted octanol–water partition coefficient (Wildman–Crippen LogP) is 1.84. The molecule has 0 spiro atoms. The Morgan fingerprint density at radius 1 is 1.29 bits per heavy atom. The van der Waals surface area contributed by atoms with E-state index in [0.717, 1.165) is 31.5 Å². The maximum atomic E-state index is 13.8. The first-order valence-corrected chi connectivity index (χ1v) is 10.9. The first-order valence-electron chi connectivity index (χ1n) is 10.9. The lowest BCUT2D eigenvalue weighted by Crippen LogP contribution is -2.61. The Morgan fingerprint density at radius 2 is 2.06 bits per heavy atom. The summed E-state index contributed by atoms with van der Waals surface area (Å²) in [5.74, 6) is -1.31. The van der Waals surface area contributed by atoms with Crippen molar-refractivity contribution in [3.63, 3.8) is 0 Å². The van der Waals surface area contributed by atoms with Gasteiger partial charge < -0.3 is 20.9 Å². The standard InChI is InChI=1S/C24H25N3O4/c1-13-10-15(13)14-6-7-16-19(11-14)31-24(30)17-4-2-5-18(25)21(17)22(29)23(16,24)26-20(28)12-27-8-3-9-27/h2,4-7,11,13,15,30H,3,8-10,12,25H2,1H3,(H,26,28)/t13?,15?,23?,24-/m1/s1. The Balaban J connectivity index is 1.49. The third-order valence-corrected chi connectivity index (χ3v) is 7.39. The van der Waals surface area contributed by atoms with E-state index in [1.165, 1.54) is 0 Å². The van der Waals surface area contributed by atoms with Crippen LogP contribution in [0.3, 0.4) is 0 Å². The summed E-state index contributed by atoms with van der Waals surface area (Å²) in [4.78, 5) is 28.8. The second-order valence-electron chi connectivity index (χ2n) is 9.35. The van der Waals surface area contributed by atoms with Crippen LogP contribution in [-0.2, 0) is 16.1 Å². The maximum Gasteiger partial charge on any atom is 0.271 e. The molecule has 4 atom stereocenters. The van der Waals surface area contributed by atoms with E-state index in [9.17, 15) is 14.7 Å². The fourth-order valence-corrected chi connectivity index (χ4v) is 5.40. The number of benzene rings is 2. The highest BCUT2D eigenvalue weighted by molar-refractivity contribution is 6.15. The van der Waals surface area contributed by atoms with Crippen molar-refractivity contribution in [1.82, 2.24) is 10.2 Å². The molecule has 3 unspecified atom stereocenters. The van der Waals surface area contributed by atoms with E-state index in [4.69, 9.17) is 10.5 Å². The van der Waals surface area contributed by atoms with Crippen molar-refractivity contribution in [2.45, 2.75) is 37.0 Å². The van der Waals surface area contributed by atoms with E-state index in [0.29, 0.717) is 28.7 Å². The van der Waals surface area contributed by atoms with Gasteiger partial charge in [-0.25, -0.2) is 0 Å². The van der Waals surface area contributed by atoms with Crippen LogP contribution in [0.25, 0.3) is 0 Å². The second kappa shape index (κ2) is 6.08. The molecule has 0 bridgehead atoms. The SMILES string of the molecule is CC1CC1c1ccc2c(c1)O[C@]1(O)c3cccc(N)c3C(=O)C21NC(=O)CN1CCC1. The number of nitrogen functional groups attached to an aromatic ring is 1. The Kier molecular flexibility index (Phi) is 3.69. The van der Waals surface area contributed by atoms with E-state index in [2.05, 4.69) is 12.2 Å². The largest absolute Gasteiger partial charge is 0.454 e. The maximum absolute atomic E-state index is 13.8. The van der Waals surface area contributed by atoms with Crippen LogP contribution in [0.1, 0.15) is 52.7 Å². The molecule has 7 nitrogen and oxygen atoms in total. The Bertz CT molecular complexity index is 1140. The minimum absolute atomic E-state index is 0.171. The van der Waals surface area contributed by atoms with Crippen molar-refractivity contribution in [1.29, 1.82) is 0 Å². The van der Waals surface area contributed by atoms with E-state index in [1.807, 2.05) is 23.1 Å². The molecule has 1 amide bonds. The monoisotopic (exact) mass is 419 g/mol. The molecule has 31 heavy (non-hydrogen) atoms. The van der Waals surface area contributed by atoms with Gasteiger partial charge in [-0.15, -0.1) is 0 Å². The molecule has 7 heteroatoms. The number of amides is 1. The molecule has 1 saturated heterocycles. The smallest absolute Gasteiger partial charge is 0.271 e. The number of nitrogens with two attached hydrogens (primary N) is 1. The average molecular weight is 419 g/mol. The van der Waals surface area contributed by atoms with E-state index in [1.54, 1.807) is 18.2 Å². The third-order valence-electron chi connectivity index (χ3n) is 7.39. The van der Waals surface area contributed by atoms with Gasteiger partial charge in [0.2, 0.25) is 17.2 Å². The number of carbonyl (C=O) groups is 2. The van der Waals surface area contributed by atoms with Crippen molar-refractivity contribution < 1.29 is 19.4 Å². The Labute approximate surface area is 180 Å². The first kappa shape index (κ1) is 18.8. The van der Waals surface area contributed by atoms with Crippen LogP contribution in [0.2, 0.25) is 0 Å². The van der Waals surface area contributed by atoms with Crippen LogP contribution in [0.4, 0.5) is 5.69 Å². The number of aliphatic hydroxyl groups is 1. The van der Waals surface area contributed by atoms with Crippen molar-refractivity contribution in [2.24, 2.45) is 5.92 Å². The summed E-state index contributed by atoms with van der Waals surface area (Å²) in [6.07, 6.45) is 2.16. The fourth-order valence-electron chi connectivity index (χ4n) is 5.40. The van der Waals surface area contributed by atoms with E-state index < -0.39 is 17.1 Å². The molecule has 4 aliphatic rings. The van der Waals surface area contributed by atoms with E-state index in [-0.39, 0.29) is 23.7 Å². The summed E-state index contributed by atoms with van der Waals surface area (Å²) in [6.45, 7) is 4.06. The molecule has 2 fully saturated rings. The highest BCUT2D eigenvalue weighted by Gasteiger charge is 2.72. The topological polar surface area (TPSA) is 105 Å². The molecule has 6 rings (SSSR count). The van der Waals surface area contributed by atoms with Crippen molar-refractivity contribution in [3.05, 3.63) is 58.7 Å². The van der Waals surface area contributed by atoms with Crippen LogP contribution >= 0.6 is 0 Å². The van der Waals surface area contributed by atoms with Gasteiger partial charge in [0.25, 0.3) is 5.79 Å². The molecule has 2 aromatic carbocycles. The lowest BCUT2D eigenvalue weighted by molar-refractivity contribution is -0.175. The molecule has 2 aliphatic carbocycles. The predicted molar refractivity (Wildman–Crippen MR) is 114 cm³/mol. The van der Waals surface area contributed by atoms with E-state index >= 15 is 0 Å². The van der Waals surface area contributed by atoms with Crippen LogP contribution < -0.4 is 15.8 Å². The van der Waals surface area contributed by atoms with Gasteiger partial charge in [-0.3, -0.25) is 14.5 Å². The van der Waals surface area contributed by atoms with Crippen molar-refractivity contribution in [3.8, 4) is 5.75 Å². The van der Waals surface area contributed by atoms with Gasteiger partial charge >= 0.3 is 0 Å². The molecular weight excluding hydrogens is 394 g/mol. The summed E-state index contributed by atoms with van der Waals surface area (Å²) in [5, 5.41) is 14.8. The zero-order valence-electron chi connectivity index (χ0n) is 17.4. The number of anilines is 1. The van der Waals surface area contributed by atoms with Gasteiger partial charge in [0, 0.05) is 16.8 Å². The van der Waals surface area contributed by atoms with Crippen molar-refractivity contribution >= 4 is 17.4 Å². The molecule has 4 N–H and O–H groups in total. The highest BCUT2D eigenvalue weighted by Crippen LogP contribution is 2.60. The number of nitrogens with zero attached hydrogens (tertiary/aromatic N) is 1. The lowest BCUT2D eigenvalue weighted by atomic mass is 9.82. The van der Waals surface area contributed by atoms with Gasteiger partial charge in [-0.2, -0.15) is 0 Å². The van der Waals surface area contributed by atoms with Gasteiger partial charge in [0.1, 0.15) is 5.75 Å². The Morgan fingerprint density at radius 3 is 2.74 bits per heavy atom. The average Bonchev–Trinajstić information content (AvgIpc) is 3.34. The quantitative estimate of drug-likeness (QED) is 0.654.